The molecular weight excluding hydrogens is 158 g/mol. The minimum absolute atomic E-state index is 0.0462. The van der Waals surface area contributed by atoms with Gasteiger partial charge in [0.2, 0.25) is 0 Å². The van der Waals surface area contributed by atoms with E-state index in [-0.39, 0.29) is 17.7 Å². The molecule has 0 amide bonds. The summed E-state index contributed by atoms with van der Waals surface area (Å²) in [6.45, 7) is 0. The molecule has 12 heavy (non-hydrogen) atoms. The lowest BCUT2D eigenvalue weighted by Gasteiger charge is -2.22. The Labute approximate surface area is 70.2 Å². The molecule has 1 saturated carbocycles. The quantitative estimate of drug-likeness (QED) is 0.637. The highest BCUT2D eigenvalue weighted by Crippen LogP contribution is 2.32. The number of hydrogen-bond acceptors (Lipinski definition) is 3. The van der Waals surface area contributed by atoms with Crippen LogP contribution in [0, 0.1) is 5.92 Å². The van der Waals surface area contributed by atoms with E-state index in [0.29, 0.717) is 0 Å². The fraction of sp³-hybridized carbons (Fsp3) is 0.750. The Bertz CT molecular complexity index is 236. The zero-order valence-corrected chi connectivity index (χ0v) is 6.69. The van der Waals surface area contributed by atoms with Gasteiger partial charge in [-0.05, 0) is 19.3 Å². The molecule has 1 aliphatic heterocycles. The molecule has 0 aromatic carbocycles. The van der Waals surface area contributed by atoms with E-state index in [4.69, 9.17) is 9.94 Å². The Balaban J connectivity index is 2.13. The Kier molecular flexibility index (Phi) is 1.75. The molecule has 2 atom stereocenters. The van der Waals surface area contributed by atoms with Gasteiger partial charge in [-0.3, -0.25) is 0 Å². The van der Waals surface area contributed by atoms with Crippen molar-refractivity contribution in [1.29, 1.82) is 0 Å². The van der Waals surface area contributed by atoms with Crippen LogP contribution in [0.2, 0.25) is 0 Å². The van der Waals surface area contributed by atoms with Crippen LogP contribution in [0.5, 0.6) is 0 Å². The summed E-state index contributed by atoms with van der Waals surface area (Å²) in [6, 6.07) is 0. The zero-order valence-electron chi connectivity index (χ0n) is 6.69. The number of carbonyl (C=O) groups is 1. The van der Waals surface area contributed by atoms with Crippen LogP contribution >= 0.6 is 0 Å². The van der Waals surface area contributed by atoms with Crippen LogP contribution in [-0.4, -0.2) is 22.9 Å². The molecule has 2 aliphatic rings. The molecule has 0 saturated heterocycles. The van der Waals surface area contributed by atoms with Gasteiger partial charge in [-0.2, -0.15) is 0 Å². The standard InChI is InChI=1S/C8H11NO3/c10-8(11)7-5-3-1-2-4-6(5)12-9-7/h5-6H,1-4H2,(H,10,11)/t5-,6-/m1/s1. The van der Waals surface area contributed by atoms with Crippen molar-refractivity contribution < 1.29 is 14.7 Å². The topological polar surface area (TPSA) is 58.9 Å². The van der Waals surface area contributed by atoms with Crippen molar-refractivity contribution >= 4 is 11.7 Å². The maximum Gasteiger partial charge on any atom is 0.354 e. The molecule has 66 valence electrons. The van der Waals surface area contributed by atoms with Crippen LogP contribution in [0.25, 0.3) is 0 Å². The van der Waals surface area contributed by atoms with Gasteiger partial charge in [-0.15, -0.1) is 0 Å². The third-order valence-corrected chi connectivity index (χ3v) is 2.56. The third-order valence-electron chi connectivity index (χ3n) is 2.56. The summed E-state index contributed by atoms with van der Waals surface area (Å²) in [5.74, 6) is -0.874. The second-order valence-electron chi connectivity index (χ2n) is 3.32. The second kappa shape index (κ2) is 2.77. The lowest BCUT2D eigenvalue weighted by Crippen LogP contribution is -2.30. The summed E-state index contributed by atoms with van der Waals surface area (Å²) in [4.78, 5) is 15.7. The molecule has 0 radical (unpaired) electrons. The number of aliphatic carboxylic acids is 1. The summed E-state index contributed by atoms with van der Waals surface area (Å²) in [6.07, 6.45) is 4.13. The van der Waals surface area contributed by atoms with Crippen LogP contribution in [0.15, 0.2) is 5.16 Å². The summed E-state index contributed by atoms with van der Waals surface area (Å²) >= 11 is 0. The van der Waals surface area contributed by atoms with E-state index in [2.05, 4.69) is 5.16 Å². The Morgan fingerprint density at radius 1 is 1.50 bits per heavy atom. The van der Waals surface area contributed by atoms with Crippen LogP contribution < -0.4 is 0 Å². The molecule has 4 heteroatoms. The number of rotatable bonds is 1. The third kappa shape index (κ3) is 1.07. The number of oxime groups is 1. The Hall–Kier alpha value is -1.06. The van der Waals surface area contributed by atoms with Crippen molar-refractivity contribution in [3.05, 3.63) is 0 Å². The maximum absolute atomic E-state index is 10.6. The van der Waals surface area contributed by atoms with Crippen molar-refractivity contribution in [1.82, 2.24) is 0 Å². The molecule has 1 aliphatic carbocycles. The van der Waals surface area contributed by atoms with E-state index in [0.717, 1.165) is 25.7 Å². The average Bonchev–Trinajstić information content (AvgIpc) is 2.47. The van der Waals surface area contributed by atoms with Crippen molar-refractivity contribution in [3.63, 3.8) is 0 Å². The molecule has 4 nitrogen and oxygen atoms in total. The normalized spacial score (nSPS) is 33.5. The molecule has 0 bridgehead atoms. The monoisotopic (exact) mass is 169 g/mol. The molecule has 1 fully saturated rings. The van der Waals surface area contributed by atoms with E-state index >= 15 is 0 Å². The van der Waals surface area contributed by atoms with Gasteiger partial charge in [0.15, 0.2) is 5.71 Å². The summed E-state index contributed by atoms with van der Waals surface area (Å²) < 4.78 is 0. The van der Waals surface area contributed by atoms with E-state index in [1.54, 1.807) is 0 Å². The number of nitrogens with zero attached hydrogens (tertiary/aromatic N) is 1. The van der Waals surface area contributed by atoms with Gasteiger partial charge in [-0.25, -0.2) is 4.79 Å². The van der Waals surface area contributed by atoms with Gasteiger partial charge in [0.1, 0.15) is 6.10 Å². The first kappa shape index (κ1) is 7.58. The average molecular weight is 169 g/mol. The fourth-order valence-corrected chi connectivity index (χ4v) is 1.93. The van der Waals surface area contributed by atoms with E-state index in [1.807, 2.05) is 0 Å². The Morgan fingerprint density at radius 2 is 2.25 bits per heavy atom. The molecule has 2 rings (SSSR count). The van der Waals surface area contributed by atoms with E-state index < -0.39 is 5.97 Å². The SMILES string of the molecule is O=C(O)C1=NO[C@@H]2CCCC[C@@H]12. The second-order valence-corrected chi connectivity index (χ2v) is 3.32. The zero-order chi connectivity index (χ0) is 8.55. The van der Waals surface area contributed by atoms with Gasteiger partial charge in [0, 0.05) is 0 Å². The largest absolute Gasteiger partial charge is 0.477 e. The van der Waals surface area contributed by atoms with Crippen LogP contribution in [0.1, 0.15) is 25.7 Å². The van der Waals surface area contributed by atoms with Gasteiger partial charge >= 0.3 is 5.97 Å². The predicted octanol–water partition coefficient (Wildman–Crippen LogP) is 1.02. The van der Waals surface area contributed by atoms with Gasteiger partial charge in [0.05, 0.1) is 5.92 Å². The van der Waals surface area contributed by atoms with Gasteiger partial charge < -0.3 is 9.94 Å². The number of carboxylic acids is 1. The molecule has 1 heterocycles. The predicted molar refractivity (Wildman–Crippen MR) is 41.9 cm³/mol. The molecular formula is C8H11NO3. The number of carboxylic acid groups (broad SMARTS) is 1. The van der Waals surface area contributed by atoms with Crippen LogP contribution in [-0.2, 0) is 9.63 Å². The maximum atomic E-state index is 10.6. The fourth-order valence-electron chi connectivity index (χ4n) is 1.93. The first-order chi connectivity index (χ1) is 5.79. The van der Waals surface area contributed by atoms with Gasteiger partial charge in [0.25, 0.3) is 0 Å². The van der Waals surface area contributed by atoms with Crippen molar-refractivity contribution in [2.75, 3.05) is 0 Å². The van der Waals surface area contributed by atoms with Crippen molar-refractivity contribution in [2.45, 2.75) is 31.8 Å². The van der Waals surface area contributed by atoms with Crippen LogP contribution in [0.4, 0.5) is 0 Å². The molecule has 0 spiro atoms. The summed E-state index contributed by atoms with van der Waals surface area (Å²) in [7, 11) is 0. The highest BCUT2D eigenvalue weighted by atomic mass is 16.6. The lowest BCUT2D eigenvalue weighted by molar-refractivity contribution is -0.129. The first-order valence-corrected chi connectivity index (χ1v) is 4.26. The number of hydrogen-bond donors (Lipinski definition) is 1. The highest BCUT2D eigenvalue weighted by Gasteiger charge is 2.39. The molecule has 0 aromatic heterocycles. The minimum atomic E-state index is -0.926. The molecule has 1 N–H and O–H groups in total. The first-order valence-electron chi connectivity index (χ1n) is 4.26. The number of fused-ring (bicyclic) bond motifs is 1. The minimum Gasteiger partial charge on any atom is -0.477 e. The smallest absolute Gasteiger partial charge is 0.354 e. The summed E-state index contributed by atoms with van der Waals surface area (Å²) in [5, 5.41) is 12.3. The van der Waals surface area contributed by atoms with Crippen molar-refractivity contribution in [3.8, 4) is 0 Å². The highest BCUT2D eigenvalue weighted by molar-refractivity contribution is 6.36. The summed E-state index contributed by atoms with van der Waals surface area (Å²) in [5.41, 5.74) is 0.222. The van der Waals surface area contributed by atoms with Crippen molar-refractivity contribution in [2.24, 2.45) is 11.1 Å². The lowest BCUT2D eigenvalue weighted by atomic mass is 9.84. The van der Waals surface area contributed by atoms with Gasteiger partial charge in [-0.1, -0.05) is 11.6 Å². The van der Waals surface area contributed by atoms with E-state index in [9.17, 15) is 4.79 Å². The van der Waals surface area contributed by atoms with Crippen LogP contribution in [0.3, 0.4) is 0 Å². The Morgan fingerprint density at radius 3 is 3.00 bits per heavy atom. The molecule has 0 unspecified atom stereocenters. The van der Waals surface area contributed by atoms with E-state index in [1.165, 1.54) is 0 Å². The molecule has 0 aromatic rings.